The molecule has 1 fully saturated rings. The lowest BCUT2D eigenvalue weighted by atomic mass is 9.99. The molecule has 1 N–H and O–H groups in total. The fourth-order valence-corrected chi connectivity index (χ4v) is 3.46. The Morgan fingerprint density at radius 3 is 2.89 bits per heavy atom. The summed E-state index contributed by atoms with van der Waals surface area (Å²) >= 11 is 1.71. The molecule has 19 heavy (non-hydrogen) atoms. The summed E-state index contributed by atoms with van der Waals surface area (Å²) in [6.45, 7) is 7.23. The van der Waals surface area contributed by atoms with Crippen LogP contribution in [0.2, 0.25) is 0 Å². The number of fused-ring (bicyclic) bond motifs is 1. The highest BCUT2D eigenvalue weighted by molar-refractivity contribution is 7.22. The van der Waals surface area contributed by atoms with Crippen LogP contribution in [0.25, 0.3) is 10.2 Å². The highest BCUT2D eigenvalue weighted by Gasteiger charge is 2.38. The van der Waals surface area contributed by atoms with Crippen LogP contribution in [0.3, 0.4) is 0 Å². The number of benzene rings is 1. The van der Waals surface area contributed by atoms with Crippen LogP contribution in [-0.2, 0) is 0 Å². The van der Waals surface area contributed by atoms with E-state index in [2.05, 4.69) is 30.2 Å². The van der Waals surface area contributed by atoms with Crippen LogP contribution in [0.15, 0.2) is 18.2 Å². The van der Waals surface area contributed by atoms with Crippen molar-refractivity contribution in [2.24, 2.45) is 5.92 Å². The molecule has 0 bridgehead atoms. The fourth-order valence-electron chi connectivity index (χ4n) is 2.40. The third-order valence-corrected chi connectivity index (χ3v) is 4.63. The lowest BCUT2D eigenvalue weighted by Gasteiger charge is -2.25. The average molecular weight is 276 g/mol. The van der Waals surface area contributed by atoms with Crippen LogP contribution in [0, 0.1) is 5.92 Å². The standard InChI is InChI=1S/C15H20N2OS/c1-4-18-11-7-8-12-13(9-11)19-14(16-12)17-15(2,3)10-5-6-10/h7-10H,4-6H2,1-3H3,(H,16,17). The van der Waals surface area contributed by atoms with Crippen molar-refractivity contribution in [3.05, 3.63) is 18.2 Å². The van der Waals surface area contributed by atoms with E-state index in [0.29, 0.717) is 6.61 Å². The van der Waals surface area contributed by atoms with Crippen molar-refractivity contribution in [2.45, 2.75) is 39.2 Å². The van der Waals surface area contributed by atoms with Gasteiger partial charge in [-0.15, -0.1) is 0 Å². The largest absolute Gasteiger partial charge is 0.494 e. The van der Waals surface area contributed by atoms with Gasteiger partial charge in [0.15, 0.2) is 5.13 Å². The normalized spacial score (nSPS) is 15.7. The number of aromatic nitrogens is 1. The number of rotatable bonds is 5. The zero-order valence-corrected chi connectivity index (χ0v) is 12.5. The molecule has 1 aromatic heterocycles. The molecule has 2 aromatic rings. The van der Waals surface area contributed by atoms with E-state index in [1.54, 1.807) is 11.3 Å². The lowest BCUT2D eigenvalue weighted by Crippen LogP contribution is -2.33. The van der Waals surface area contributed by atoms with Crippen LogP contribution in [-0.4, -0.2) is 17.1 Å². The van der Waals surface area contributed by atoms with Crippen LogP contribution in [0.4, 0.5) is 5.13 Å². The van der Waals surface area contributed by atoms with Gasteiger partial charge in [0.1, 0.15) is 5.75 Å². The molecule has 1 aromatic carbocycles. The summed E-state index contributed by atoms with van der Waals surface area (Å²) in [5.41, 5.74) is 1.19. The SMILES string of the molecule is CCOc1ccc2nc(NC(C)(C)C3CC3)sc2c1. The number of nitrogens with one attached hydrogen (secondary N) is 1. The smallest absolute Gasteiger partial charge is 0.184 e. The average Bonchev–Trinajstić information content (AvgIpc) is 3.12. The molecule has 0 aliphatic heterocycles. The van der Waals surface area contributed by atoms with Crippen molar-refractivity contribution in [3.63, 3.8) is 0 Å². The maximum absolute atomic E-state index is 5.53. The molecule has 3 rings (SSSR count). The van der Waals surface area contributed by atoms with E-state index < -0.39 is 0 Å². The van der Waals surface area contributed by atoms with Crippen LogP contribution in [0.1, 0.15) is 33.6 Å². The summed E-state index contributed by atoms with van der Waals surface area (Å²) in [5.74, 6) is 1.71. The van der Waals surface area contributed by atoms with Gasteiger partial charge in [-0.05, 0) is 57.7 Å². The molecule has 0 atom stereocenters. The highest BCUT2D eigenvalue weighted by atomic mass is 32.1. The van der Waals surface area contributed by atoms with Crippen molar-refractivity contribution in [3.8, 4) is 5.75 Å². The Balaban J connectivity index is 1.84. The Kier molecular flexibility index (Phi) is 3.13. The van der Waals surface area contributed by atoms with Gasteiger partial charge in [0.2, 0.25) is 0 Å². The summed E-state index contributed by atoms with van der Waals surface area (Å²) in [7, 11) is 0. The molecule has 0 saturated heterocycles. The molecule has 1 saturated carbocycles. The first-order valence-corrected chi connectivity index (χ1v) is 7.72. The molecule has 0 radical (unpaired) electrons. The van der Waals surface area contributed by atoms with E-state index >= 15 is 0 Å². The predicted molar refractivity (Wildman–Crippen MR) is 81.2 cm³/mol. The molecule has 0 amide bonds. The Bertz CT molecular complexity index is 587. The molecule has 0 spiro atoms. The minimum Gasteiger partial charge on any atom is -0.494 e. The van der Waals surface area contributed by atoms with Gasteiger partial charge in [0.25, 0.3) is 0 Å². The second-order valence-electron chi connectivity index (χ2n) is 5.70. The summed E-state index contributed by atoms with van der Waals surface area (Å²) in [6.07, 6.45) is 2.67. The number of thiazole rings is 1. The van der Waals surface area contributed by atoms with E-state index in [0.717, 1.165) is 22.3 Å². The molecule has 1 aliphatic carbocycles. The lowest BCUT2D eigenvalue weighted by molar-refractivity contribution is 0.341. The first kappa shape index (κ1) is 12.7. The number of hydrogen-bond donors (Lipinski definition) is 1. The van der Waals surface area contributed by atoms with Gasteiger partial charge in [-0.2, -0.15) is 0 Å². The molecular weight excluding hydrogens is 256 g/mol. The predicted octanol–water partition coefficient (Wildman–Crippen LogP) is 4.30. The molecule has 1 heterocycles. The summed E-state index contributed by atoms with van der Waals surface area (Å²) in [5, 5.41) is 4.60. The van der Waals surface area contributed by atoms with Gasteiger partial charge in [0.05, 0.1) is 16.8 Å². The Morgan fingerprint density at radius 2 is 2.21 bits per heavy atom. The number of anilines is 1. The maximum atomic E-state index is 5.53. The third kappa shape index (κ3) is 2.68. The van der Waals surface area contributed by atoms with E-state index in [9.17, 15) is 0 Å². The Morgan fingerprint density at radius 1 is 1.42 bits per heavy atom. The zero-order valence-electron chi connectivity index (χ0n) is 11.7. The van der Waals surface area contributed by atoms with Crippen molar-refractivity contribution < 1.29 is 4.74 Å². The van der Waals surface area contributed by atoms with Gasteiger partial charge in [-0.25, -0.2) is 4.98 Å². The first-order chi connectivity index (χ1) is 9.08. The van der Waals surface area contributed by atoms with Crippen molar-refractivity contribution in [1.29, 1.82) is 0 Å². The minimum atomic E-state index is 0.149. The molecular formula is C15H20N2OS. The van der Waals surface area contributed by atoms with Gasteiger partial charge in [0, 0.05) is 5.54 Å². The van der Waals surface area contributed by atoms with Crippen LogP contribution in [0.5, 0.6) is 5.75 Å². The van der Waals surface area contributed by atoms with Crippen molar-refractivity contribution >= 4 is 26.7 Å². The van der Waals surface area contributed by atoms with E-state index in [-0.39, 0.29) is 5.54 Å². The molecule has 0 unspecified atom stereocenters. The zero-order chi connectivity index (χ0) is 13.5. The van der Waals surface area contributed by atoms with Crippen molar-refractivity contribution in [1.82, 2.24) is 4.98 Å². The monoisotopic (exact) mass is 276 g/mol. The van der Waals surface area contributed by atoms with Gasteiger partial charge in [-0.3, -0.25) is 0 Å². The maximum Gasteiger partial charge on any atom is 0.184 e. The van der Waals surface area contributed by atoms with Crippen LogP contribution < -0.4 is 10.1 Å². The summed E-state index contributed by atoms with van der Waals surface area (Å²) < 4.78 is 6.71. The van der Waals surface area contributed by atoms with E-state index in [1.807, 2.05) is 19.1 Å². The number of nitrogens with zero attached hydrogens (tertiary/aromatic N) is 1. The number of ether oxygens (including phenoxy) is 1. The second-order valence-corrected chi connectivity index (χ2v) is 6.73. The highest BCUT2D eigenvalue weighted by Crippen LogP contribution is 2.42. The molecule has 3 nitrogen and oxygen atoms in total. The summed E-state index contributed by atoms with van der Waals surface area (Å²) in [6, 6.07) is 6.10. The first-order valence-electron chi connectivity index (χ1n) is 6.90. The molecule has 4 heteroatoms. The quantitative estimate of drug-likeness (QED) is 0.884. The third-order valence-electron chi connectivity index (χ3n) is 3.70. The number of hydrogen-bond acceptors (Lipinski definition) is 4. The van der Waals surface area contributed by atoms with Crippen molar-refractivity contribution in [2.75, 3.05) is 11.9 Å². The summed E-state index contributed by atoms with van der Waals surface area (Å²) in [4.78, 5) is 4.66. The van der Waals surface area contributed by atoms with Crippen LogP contribution >= 0.6 is 11.3 Å². The minimum absolute atomic E-state index is 0.149. The Hall–Kier alpha value is -1.29. The Labute approximate surface area is 118 Å². The van der Waals surface area contributed by atoms with E-state index in [4.69, 9.17) is 4.74 Å². The fraction of sp³-hybridized carbons (Fsp3) is 0.533. The van der Waals surface area contributed by atoms with Gasteiger partial charge < -0.3 is 10.1 Å². The molecule has 1 aliphatic rings. The van der Waals surface area contributed by atoms with E-state index in [1.165, 1.54) is 17.5 Å². The topological polar surface area (TPSA) is 34.1 Å². The van der Waals surface area contributed by atoms with Gasteiger partial charge >= 0.3 is 0 Å². The second kappa shape index (κ2) is 4.67. The molecule has 102 valence electrons. The van der Waals surface area contributed by atoms with Gasteiger partial charge in [-0.1, -0.05) is 11.3 Å².